The van der Waals surface area contributed by atoms with Crippen LogP contribution in [0, 0.1) is 0 Å². The molecule has 2 aromatic carbocycles. The molecule has 0 N–H and O–H groups in total. The third-order valence-electron chi connectivity index (χ3n) is 3.82. The van der Waals surface area contributed by atoms with E-state index in [0.29, 0.717) is 18.8 Å². The number of hydrogen-bond donors (Lipinski definition) is 0. The van der Waals surface area contributed by atoms with Crippen LogP contribution in [0.3, 0.4) is 0 Å². The molecule has 5 heteroatoms. The first kappa shape index (κ1) is 17.3. The molecule has 0 radical (unpaired) electrons. The summed E-state index contributed by atoms with van der Waals surface area (Å²) in [5, 5.41) is 2.61. The number of carbonyl (C=O) groups excluding carboxylic acids is 1. The fourth-order valence-electron chi connectivity index (χ4n) is 2.58. The van der Waals surface area contributed by atoms with E-state index in [1.54, 1.807) is 17.4 Å². The zero-order valence-corrected chi connectivity index (χ0v) is 14.9. The number of ether oxygens (including phenoxy) is 1. The van der Waals surface area contributed by atoms with Crippen LogP contribution in [0.5, 0.6) is 0 Å². The Labute approximate surface area is 151 Å². The number of nitrogens with zero attached hydrogens (tertiary/aromatic N) is 2. The van der Waals surface area contributed by atoms with Gasteiger partial charge in [0, 0.05) is 24.7 Å². The van der Waals surface area contributed by atoms with Gasteiger partial charge in [-0.15, -0.1) is 11.3 Å². The van der Waals surface area contributed by atoms with Crippen molar-refractivity contribution in [3.63, 3.8) is 0 Å². The Bertz CT molecular complexity index is 803. The summed E-state index contributed by atoms with van der Waals surface area (Å²) in [5.41, 5.74) is 2.55. The van der Waals surface area contributed by atoms with Gasteiger partial charge in [-0.25, -0.2) is 4.98 Å². The Kier molecular flexibility index (Phi) is 5.93. The molecule has 1 aromatic heterocycles. The normalized spacial score (nSPS) is 10.6. The van der Waals surface area contributed by atoms with Gasteiger partial charge in [-0.2, -0.15) is 0 Å². The standard InChI is InChI=1S/C20H20N2O2S/c1-24-14-19-21-18(15-25-19)20(23)22(17-10-6-3-7-11-17)13-12-16-8-4-2-5-9-16/h2-11,15H,12-14H2,1H3. The molecule has 0 aliphatic carbocycles. The van der Waals surface area contributed by atoms with Crippen molar-refractivity contribution in [3.05, 3.63) is 82.3 Å². The number of para-hydroxylation sites is 1. The summed E-state index contributed by atoms with van der Waals surface area (Å²) >= 11 is 1.45. The van der Waals surface area contributed by atoms with Crippen LogP contribution in [-0.2, 0) is 17.8 Å². The Balaban J connectivity index is 1.81. The van der Waals surface area contributed by atoms with Crippen LogP contribution in [0.1, 0.15) is 21.1 Å². The second-order valence-electron chi connectivity index (χ2n) is 5.59. The fourth-order valence-corrected chi connectivity index (χ4v) is 3.32. The van der Waals surface area contributed by atoms with Gasteiger partial charge in [-0.05, 0) is 24.1 Å². The van der Waals surface area contributed by atoms with Gasteiger partial charge >= 0.3 is 0 Å². The van der Waals surface area contributed by atoms with Crippen molar-refractivity contribution in [1.29, 1.82) is 0 Å². The SMILES string of the molecule is COCc1nc(C(=O)N(CCc2ccccc2)c2ccccc2)cs1. The summed E-state index contributed by atoms with van der Waals surface area (Å²) in [5.74, 6) is -0.0827. The number of amides is 1. The van der Waals surface area contributed by atoms with Crippen LogP contribution >= 0.6 is 11.3 Å². The average Bonchev–Trinajstić information content (AvgIpc) is 3.12. The Morgan fingerprint density at radius 1 is 1.08 bits per heavy atom. The lowest BCUT2D eigenvalue weighted by molar-refractivity contribution is 0.0982. The molecule has 3 rings (SSSR count). The van der Waals surface area contributed by atoms with Crippen molar-refractivity contribution in [1.82, 2.24) is 4.98 Å². The zero-order valence-electron chi connectivity index (χ0n) is 14.1. The molecule has 0 fully saturated rings. The van der Waals surface area contributed by atoms with Crippen LogP contribution in [0.15, 0.2) is 66.0 Å². The Morgan fingerprint density at radius 3 is 2.44 bits per heavy atom. The summed E-state index contributed by atoms with van der Waals surface area (Å²) in [6.07, 6.45) is 0.788. The number of hydrogen-bond acceptors (Lipinski definition) is 4. The maximum atomic E-state index is 13.0. The van der Waals surface area contributed by atoms with Crippen molar-refractivity contribution in [2.24, 2.45) is 0 Å². The van der Waals surface area contributed by atoms with E-state index in [1.807, 2.05) is 48.5 Å². The Hall–Kier alpha value is -2.50. The van der Waals surface area contributed by atoms with E-state index in [2.05, 4.69) is 17.1 Å². The highest BCUT2D eigenvalue weighted by Gasteiger charge is 2.20. The number of aromatic nitrogens is 1. The van der Waals surface area contributed by atoms with Crippen LogP contribution < -0.4 is 4.90 Å². The third kappa shape index (κ3) is 4.53. The predicted octanol–water partition coefficient (Wildman–Crippen LogP) is 4.18. The van der Waals surface area contributed by atoms with Gasteiger partial charge in [0.05, 0.1) is 6.61 Å². The van der Waals surface area contributed by atoms with E-state index < -0.39 is 0 Å². The second-order valence-corrected chi connectivity index (χ2v) is 6.53. The molecule has 1 amide bonds. The molecule has 0 saturated heterocycles. The molecular formula is C20H20N2O2S. The van der Waals surface area contributed by atoms with E-state index in [9.17, 15) is 4.79 Å². The number of benzene rings is 2. The number of methoxy groups -OCH3 is 1. The third-order valence-corrected chi connectivity index (χ3v) is 4.64. The molecule has 0 atom stereocenters. The minimum atomic E-state index is -0.0827. The van der Waals surface area contributed by atoms with Gasteiger partial charge in [-0.1, -0.05) is 48.5 Å². The molecule has 3 aromatic rings. The summed E-state index contributed by atoms with van der Waals surface area (Å²) < 4.78 is 5.09. The number of anilines is 1. The minimum Gasteiger partial charge on any atom is -0.378 e. The molecule has 0 bridgehead atoms. The van der Waals surface area contributed by atoms with Crippen molar-refractivity contribution < 1.29 is 9.53 Å². The second kappa shape index (κ2) is 8.55. The lowest BCUT2D eigenvalue weighted by Gasteiger charge is -2.22. The van der Waals surface area contributed by atoms with E-state index >= 15 is 0 Å². The molecule has 1 heterocycles. The van der Waals surface area contributed by atoms with E-state index in [1.165, 1.54) is 16.9 Å². The van der Waals surface area contributed by atoms with Crippen molar-refractivity contribution in [2.75, 3.05) is 18.6 Å². The molecule has 4 nitrogen and oxygen atoms in total. The molecule has 0 saturated carbocycles. The molecule has 0 spiro atoms. The lowest BCUT2D eigenvalue weighted by atomic mass is 10.1. The van der Waals surface area contributed by atoms with Crippen LogP contribution in [0.4, 0.5) is 5.69 Å². The molecule has 0 aliphatic heterocycles. The first-order chi connectivity index (χ1) is 12.3. The number of thiazole rings is 1. The van der Waals surface area contributed by atoms with Gasteiger partial charge in [-0.3, -0.25) is 4.79 Å². The maximum Gasteiger partial charge on any atom is 0.277 e. The van der Waals surface area contributed by atoms with Gasteiger partial charge in [0.25, 0.3) is 5.91 Å². The monoisotopic (exact) mass is 352 g/mol. The smallest absolute Gasteiger partial charge is 0.277 e. The fraction of sp³-hybridized carbons (Fsp3) is 0.200. The number of rotatable bonds is 7. The van der Waals surface area contributed by atoms with Gasteiger partial charge < -0.3 is 9.64 Å². The molecule has 0 unspecified atom stereocenters. The highest BCUT2D eigenvalue weighted by atomic mass is 32.1. The molecular weight excluding hydrogens is 332 g/mol. The molecule has 128 valence electrons. The van der Waals surface area contributed by atoms with E-state index in [4.69, 9.17) is 4.74 Å². The summed E-state index contributed by atoms with van der Waals surface area (Å²) in [4.78, 5) is 19.2. The molecule has 25 heavy (non-hydrogen) atoms. The maximum absolute atomic E-state index is 13.0. The first-order valence-electron chi connectivity index (χ1n) is 8.12. The van der Waals surface area contributed by atoms with Crippen molar-refractivity contribution >= 4 is 22.9 Å². The molecule has 0 aliphatic rings. The van der Waals surface area contributed by atoms with E-state index in [-0.39, 0.29) is 5.91 Å². The Morgan fingerprint density at radius 2 is 1.76 bits per heavy atom. The highest BCUT2D eigenvalue weighted by Crippen LogP contribution is 2.19. The average molecular weight is 352 g/mol. The predicted molar refractivity (Wildman–Crippen MR) is 101 cm³/mol. The van der Waals surface area contributed by atoms with Crippen LogP contribution in [0.2, 0.25) is 0 Å². The first-order valence-corrected chi connectivity index (χ1v) is 9.00. The largest absolute Gasteiger partial charge is 0.378 e. The minimum absolute atomic E-state index is 0.0827. The quantitative estimate of drug-likeness (QED) is 0.641. The van der Waals surface area contributed by atoms with Crippen LogP contribution in [0.25, 0.3) is 0 Å². The topological polar surface area (TPSA) is 42.4 Å². The van der Waals surface area contributed by atoms with Crippen LogP contribution in [-0.4, -0.2) is 24.5 Å². The lowest BCUT2D eigenvalue weighted by Crippen LogP contribution is -2.33. The van der Waals surface area contributed by atoms with Gasteiger partial charge in [0.2, 0.25) is 0 Å². The van der Waals surface area contributed by atoms with Gasteiger partial charge in [0.1, 0.15) is 10.7 Å². The van der Waals surface area contributed by atoms with Gasteiger partial charge in [0.15, 0.2) is 0 Å². The highest BCUT2D eigenvalue weighted by molar-refractivity contribution is 7.09. The van der Waals surface area contributed by atoms with Crippen molar-refractivity contribution in [2.45, 2.75) is 13.0 Å². The summed E-state index contributed by atoms with van der Waals surface area (Å²) in [6, 6.07) is 19.9. The van der Waals surface area contributed by atoms with Crippen molar-refractivity contribution in [3.8, 4) is 0 Å². The summed E-state index contributed by atoms with van der Waals surface area (Å²) in [6.45, 7) is 1.03. The number of carbonyl (C=O) groups is 1. The summed E-state index contributed by atoms with van der Waals surface area (Å²) in [7, 11) is 1.62. The van der Waals surface area contributed by atoms with E-state index in [0.717, 1.165) is 17.1 Å². The zero-order chi connectivity index (χ0) is 17.5.